The fourth-order valence-electron chi connectivity index (χ4n) is 3.17. The highest BCUT2D eigenvalue weighted by atomic mass is 32.1. The summed E-state index contributed by atoms with van der Waals surface area (Å²) in [5.74, 6) is 0. The van der Waals surface area contributed by atoms with Gasteiger partial charge in [-0.3, -0.25) is 0 Å². The Bertz CT molecular complexity index is 515. The van der Waals surface area contributed by atoms with E-state index in [1.54, 1.807) is 11.3 Å². The maximum atomic E-state index is 3.81. The summed E-state index contributed by atoms with van der Waals surface area (Å²) in [6, 6.07) is 14.2. The zero-order valence-electron chi connectivity index (χ0n) is 12.7. The Morgan fingerprint density at radius 2 is 1.95 bits per heavy atom. The van der Waals surface area contributed by atoms with Gasteiger partial charge in [-0.15, -0.1) is 0 Å². The summed E-state index contributed by atoms with van der Waals surface area (Å²) >= 11 is 1.79. The first kappa shape index (κ1) is 14.6. The zero-order chi connectivity index (χ0) is 14.5. The van der Waals surface area contributed by atoms with Crippen molar-refractivity contribution < 1.29 is 0 Å². The zero-order valence-corrected chi connectivity index (χ0v) is 13.5. The maximum absolute atomic E-state index is 3.81. The van der Waals surface area contributed by atoms with E-state index < -0.39 is 0 Å². The van der Waals surface area contributed by atoms with Gasteiger partial charge in [-0.1, -0.05) is 18.2 Å². The highest BCUT2D eigenvalue weighted by Crippen LogP contribution is 2.20. The first-order valence-electron chi connectivity index (χ1n) is 7.88. The van der Waals surface area contributed by atoms with Crippen LogP contribution in [0.3, 0.4) is 0 Å². The van der Waals surface area contributed by atoms with E-state index in [9.17, 15) is 0 Å². The number of hydrogen-bond donors (Lipinski definition) is 1. The first-order chi connectivity index (χ1) is 10.3. The lowest BCUT2D eigenvalue weighted by molar-refractivity contribution is 0.375. The molecule has 1 aliphatic rings. The molecule has 2 aromatic rings. The van der Waals surface area contributed by atoms with Gasteiger partial charge in [0.1, 0.15) is 0 Å². The number of para-hydroxylation sites is 1. The molecule has 1 aromatic carbocycles. The van der Waals surface area contributed by atoms with E-state index in [0.717, 1.165) is 19.5 Å². The first-order valence-corrected chi connectivity index (χ1v) is 8.82. The van der Waals surface area contributed by atoms with Crippen LogP contribution in [0, 0.1) is 0 Å². The third-order valence-electron chi connectivity index (χ3n) is 4.26. The molecule has 0 aliphatic carbocycles. The van der Waals surface area contributed by atoms with Crippen molar-refractivity contribution in [2.75, 3.05) is 18.0 Å². The quantitative estimate of drug-likeness (QED) is 0.900. The molecule has 1 N–H and O–H groups in total. The van der Waals surface area contributed by atoms with Crippen LogP contribution < -0.4 is 10.2 Å². The minimum Gasteiger partial charge on any atom is -0.371 e. The Labute approximate surface area is 131 Å². The number of nitrogens with one attached hydrogen (secondary N) is 1. The standard InChI is InChI=1S/C18H24N2S/c1-15(13-16-9-12-21-14-16)19-17-7-10-20(11-8-17)18-5-3-2-4-6-18/h2-6,9,12,14-15,17,19H,7-8,10-11,13H2,1H3. The van der Waals surface area contributed by atoms with E-state index in [0.29, 0.717) is 12.1 Å². The molecule has 3 heteroatoms. The molecule has 0 amide bonds. The predicted octanol–water partition coefficient (Wildman–Crippen LogP) is 3.94. The molecule has 112 valence electrons. The molecule has 1 saturated heterocycles. The average Bonchev–Trinajstić information content (AvgIpc) is 3.02. The molecule has 2 heterocycles. The van der Waals surface area contributed by atoms with Gasteiger partial charge in [-0.05, 0) is 60.7 Å². The topological polar surface area (TPSA) is 15.3 Å². The average molecular weight is 300 g/mol. The van der Waals surface area contributed by atoms with Crippen LogP contribution in [-0.4, -0.2) is 25.2 Å². The highest BCUT2D eigenvalue weighted by Gasteiger charge is 2.20. The molecule has 1 unspecified atom stereocenters. The van der Waals surface area contributed by atoms with Gasteiger partial charge in [-0.25, -0.2) is 0 Å². The van der Waals surface area contributed by atoms with E-state index in [4.69, 9.17) is 0 Å². The minimum absolute atomic E-state index is 0.563. The molecule has 2 nitrogen and oxygen atoms in total. The van der Waals surface area contributed by atoms with E-state index in [-0.39, 0.29) is 0 Å². The van der Waals surface area contributed by atoms with Crippen molar-refractivity contribution in [2.45, 2.75) is 38.3 Å². The minimum atomic E-state index is 0.563. The SMILES string of the molecule is CC(Cc1ccsc1)NC1CCN(c2ccccc2)CC1. The number of rotatable bonds is 5. The second-order valence-corrected chi connectivity index (χ2v) is 6.78. The molecule has 1 atom stereocenters. The van der Waals surface area contributed by atoms with Crippen molar-refractivity contribution in [3.8, 4) is 0 Å². The largest absolute Gasteiger partial charge is 0.371 e. The van der Waals surface area contributed by atoms with E-state index in [2.05, 4.69) is 64.3 Å². The molecule has 0 spiro atoms. The monoisotopic (exact) mass is 300 g/mol. The summed E-state index contributed by atoms with van der Waals surface area (Å²) in [7, 11) is 0. The van der Waals surface area contributed by atoms with E-state index >= 15 is 0 Å². The third kappa shape index (κ3) is 4.08. The van der Waals surface area contributed by atoms with Crippen LogP contribution in [0.15, 0.2) is 47.2 Å². The van der Waals surface area contributed by atoms with Crippen LogP contribution in [0.4, 0.5) is 5.69 Å². The summed E-state index contributed by atoms with van der Waals surface area (Å²) in [4.78, 5) is 2.50. The van der Waals surface area contributed by atoms with Gasteiger partial charge >= 0.3 is 0 Å². The highest BCUT2D eigenvalue weighted by molar-refractivity contribution is 7.07. The lowest BCUT2D eigenvalue weighted by atomic mass is 10.0. The van der Waals surface area contributed by atoms with Gasteiger partial charge < -0.3 is 10.2 Å². The van der Waals surface area contributed by atoms with Gasteiger partial charge in [0, 0.05) is 30.9 Å². The Morgan fingerprint density at radius 1 is 1.19 bits per heavy atom. The van der Waals surface area contributed by atoms with Crippen molar-refractivity contribution in [1.82, 2.24) is 5.32 Å². The molecule has 21 heavy (non-hydrogen) atoms. The van der Waals surface area contributed by atoms with E-state index in [1.165, 1.54) is 24.1 Å². The number of anilines is 1. The van der Waals surface area contributed by atoms with Crippen molar-refractivity contribution >= 4 is 17.0 Å². The normalized spacial score (nSPS) is 17.9. The van der Waals surface area contributed by atoms with Crippen molar-refractivity contribution in [3.05, 3.63) is 52.7 Å². The number of benzene rings is 1. The Hall–Kier alpha value is -1.32. The molecular weight excluding hydrogens is 276 g/mol. The number of nitrogens with zero attached hydrogens (tertiary/aromatic N) is 1. The fourth-order valence-corrected chi connectivity index (χ4v) is 3.85. The number of hydrogen-bond acceptors (Lipinski definition) is 3. The fraction of sp³-hybridized carbons (Fsp3) is 0.444. The van der Waals surface area contributed by atoms with Gasteiger partial charge in [-0.2, -0.15) is 11.3 Å². The third-order valence-corrected chi connectivity index (χ3v) is 4.99. The van der Waals surface area contributed by atoms with Crippen molar-refractivity contribution in [1.29, 1.82) is 0 Å². The number of thiophene rings is 1. The number of piperidine rings is 1. The second kappa shape index (κ2) is 7.10. The molecular formula is C18H24N2S. The van der Waals surface area contributed by atoms with Crippen LogP contribution in [0.25, 0.3) is 0 Å². The van der Waals surface area contributed by atoms with Gasteiger partial charge in [0.25, 0.3) is 0 Å². The molecule has 1 aliphatic heterocycles. The summed E-state index contributed by atoms with van der Waals surface area (Å²) in [5, 5.41) is 8.23. The van der Waals surface area contributed by atoms with Crippen LogP contribution in [0.1, 0.15) is 25.3 Å². The summed E-state index contributed by atoms with van der Waals surface area (Å²) in [6.07, 6.45) is 3.62. The lowest BCUT2D eigenvalue weighted by Gasteiger charge is -2.35. The Morgan fingerprint density at radius 3 is 2.62 bits per heavy atom. The summed E-state index contributed by atoms with van der Waals surface area (Å²) < 4.78 is 0. The molecule has 3 rings (SSSR count). The Kier molecular flexibility index (Phi) is 4.94. The molecule has 1 fully saturated rings. The van der Waals surface area contributed by atoms with E-state index in [1.807, 2.05) is 0 Å². The van der Waals surface area contributed by atoms with Gasteiger partial charge in [0.15, 0.2) is 0 Å². The summed E-state index contributed by atoms with van der Waals surface area (Å²) in [5.41, 5.74) is 2.82. The smallest absolute Gasteiger partial charge is 0.0366 e. The summed E-state index contributed by atoms with van der Waals surface area (Å²) in [6.45, 7) is 4.63. The molecule has 0 saturated carbocycles. The molecule has 1 aromatic heterocycles. The lowest BCUT2D eigenvalue weighted by Crippen LogP contribution is -2.46. The predicted molar refractivity (Wildman–Crippen MR) is 92.3 cm³/mol. The molecule has 0 bridgehead atoms. The molecule has 0 radical (unpaired) electrons. The van der Waals surface area contributed by atoms with Gasteiger partial charge in [0.05, 0.1) is 0 Å². The maximum Gasteiger partial charge on any atom is 0.0366 e. The van der Waals surface area contributed by atoms with Crippen LogP contribution >= 0.6 is 11.3 Å². The van der Waals surface area contributed by atoms with Crippen LogP contribution in [0.5, 0.6) is 0 Å². The van der Waals surface area contributed by atoms with Crippen LogP contribution in [0.2, 0.25) is 0 Å². The van der Waals surface area contributed by atoms with Crippen molar-refractivity contribution in [2.24, 2.45) is 0 Å². The van der Waals surface area contributed by atoms with Crippen molar-refractivity contribution in [3.63, 3.8) is 0 Å². The second-order valence-electron chi connectivity index (χ2n) is 6.00. The van der Waals surface area contributed by atoms with Crippen LogP contribution in [-0.2, 0) is 6.42 Å². The van der Waals surface area contributed by atoms with Gasteiger partial charge in [0.2, 0.25) is 0 Å². The Balaban J connectivity index is 1.45.